The smallest absolute Gasteiger partial charge is 0.221 e. The molecule has 1 aromatic heterocycles. The first-order valence-corrected chi connectivity index (χ1v) is 9.76. The molecule has 3 heterocycles. The Bertz CT molecular complexity index is 667. The standard InChI is InChI=1S/C16H23N3O3S/c1-2-11-23(21,22)19-9-5-16(6-10-19)14(12-15(20)18-16)13-3-7-17-8-4-13/h3-4,7-8,14H,2,5-6,9-12H2,1H3,(H,18,20)/t14-/m1/s1. The van der Waals surface area contributed by atoms with Gasteiger partial charge in [-0.2, -0.15) is 0 Å². The number of amides is 1. The first-order chi connectivity index (χ1) is 11.0. The van der Waals surface area contributed by atoms with Gasteiger partial charge >= 0.3 is 0 Å². The Labute approximate surface area is 137 Å². The zero-order valence-corrected chi connectivity index (χ0v) is 14.2. The van der Waals surface area contributed by atoms with Crippen molar-refractivity contribution in [3.63, 3.8) is 0 Å². The maximum absolute atomic E-state index is 12.2. The van der Waals surface area contributed by atoms with Crippen LogP contribution in [0.3, 0.4) is 0 Å². The second-order valence-corrected chi connectivity index (χ2v) is 8.55. The van der Waals surface area contributed by atoms with Crippen LogP contribution in [0.5, 0.6) is 0 Å². The molecule has 2 saturated heterocycles. The van der Waals surface area contributed by atoms with E-state index < -0.39 is 10.0 Å². The highest BCUT2D eigenvalue weighted by atomic mass is 32.2. The van der Waals surface area contributed by atoms with Crippen molar-refractivity contribution in [2.24, 2.45) is 0 Å². The van der Waals surface area contributed by atoms with Crippen molar-refractivity contribution in [2.45, 2.75) is 44.1 Å². The summed E-state index contributed by atoms with van der Waals surface area (Å²) < 4.78 is 26.0. The number of carbonyl (C=O) groups excluding carboxylic acids is 1. The third-order valence-corrected chi connectivity index (χ3v) is 7.10. The van der Waals surface area contributed by atoms with E-state index >= 15 is 0 Å². The van der Waals surface area contributed by atoms with Crippen LogP contribution in [0.25, 0.3) is 0 Å². The number of hydrogen-bond donors (Lipinski definition) is 1. The average molecular weight is 337 g/mol. The van der Waals surface area contributed by atoms with E-state index in [1.807, 2.05) is 19.1 Å². The lowest BCUT2D eigenvalue weighted by Gasteiger charge is -2.42. The number of sulfonamides is 1. The minimum absolute atomic E-state index is 0.0525. The fourth-order valence-electron chi connectivity index (χ4n) is 3.85. The highest BCUT2D eigenvalue weighted by molar-refractivity contribution is 7.89. The van der Waals surface area contributed by atoms with Crippen molar-refractivity contribution in [1.82, 2.24) is 14.6 Å². The van der Waals surface area contributed by atoms with Crippen LogP contribution >= 0.6 is 0 Å². The number of carbonyl (C=O) groups is 1. The summed E-state index contributed by atoms with van der Waals surface area (Å²) in [6.07, 6.45) is 5.90. The van der Waals surface area contributed by atoms with Gasteiger partial charge in [-0.15, -0.1) is 0 Å². The molecule has 0 unspecified atom stereocenters. The number of nitrogens with zero attached hydrogens (tertiary/aromatic N) is 2. The summed E-state index contributed by atoms with van der Waals surface area (Å²) in [5.74, 6) is 0.339. The van der Waals surface area contributed by atoms with Crippen LogP contribution in [0.2, 0.25) is 0 Å². The van der Waals surface area contributed by atoms with E-state index in [9.17, 15) is 13.2 Å². The average Bonchev–Trinajstić information content (AvgIpc) is 2.84. The molecule has 1 spiro atoms. The van der Waals surface area contributed by atoms with Crippen LogP contribution in [0.4, 0.5) is 0 Å². The monoisotopic (exact) mass is 337 g/mol. The van der Waals surface area contributed by atoms with Gasteiger partial charge in [0.2, 0.25) is 15.9 Å². The molecule has 2 fully saturated rings. The fraction of sp³-hybridized carbons (Fsp3) is 0.625. The van der Waals surface area contributed by atoms with Gasteiger partial charge in [-0.1, -0.05) is 6.92 Å². The fourth-order valence-corrected chi connectivity index (χ4v) is 5.37. The third kappa shape index (κ3) is 3.12. The number of nitrogens with one attached hydrogen (secondary N) is 1. The van der Waals surface area contributed by atoms with Gasteiger partial charge in [-0.25, -0.2) is 12.7 Å². The number of pyridine rings is 1. The molecule has 0 aliphatic carbocycles. The van der Waals surface area contributed by atoms with Crippen LogP contribution in [0, 0.1) is 0 Å². The molecule has 1 aromatic rings. The topological polar surface area (TPSA) is 79.4 Å². The molecule has 0 saturated carbocycles. The second kappa shape index (κ2) is 6.20. The van der Waals surface area contributed by atoms with Gasteiger partial charge in [-0.3, -0.25) is 9.78 Å². The molecular formula is C16H23N3O3S. The van der Waals surface area contributed by atoms with Crippen molar-refractivity contribution in [3.8, 4) is 0 Å². The molecule has 0 bridgehead atoms. The molecule has 1 N–H and O–H groups in total. The SMILES string of the molecule is CCCS(=O)(=O)N1CCC2(CC1)NC(=O)C[C@@H]2c1ccncc1. The molecule has 1 amide bonds. The molecule has 3 rings (SSSR count). The van der Waals surface area contributed by atoms with E-state index in [1.54, 1.807) is 16.7 Å². The summed E-state index contributed by atoms with van der Waals surface area (Å²) in [5.41, 5.74) is 0.777. The van der Waals surface area contributed by atoms with E-state index in [1.165, 1.54) is 0 Å². The van der Waals surface area contributed by atoms with Crippen molar-refractivity contribution in [1.29, 1.82) is 0 Å². The maximum Gasteiger partial charge on any atom is 0.221 e. The molecule has 1 atom stereocenters. The number of aromatic nitrogens is 1. The van der Waals surface area contributed by atoms with Crippen LogP contribution in [-0.2, 0) is 14.8 Å². The minimum atomic E-state index is -3.16. The van der Waals surface area contributed by atoms with E-state index in [2.05, 4.69) is 10.3 Å². The van der Waals surface area contributed by atoms with Gasteiger partial charge in [0.15, 0.2) is 0 Å². The van der Waals surface area contributed by atoms with Gasteiger partial charge in [0.25, 0.3) is 0 Å². The Morgan fingerprint density at radius 1 is 1.30 bits per heavy atom. The Morgan fingerprint density at radius 3 is 2.57 bits per heavy atom. The molecule has 0 radical (unpaired) electrons. The number of hydrogen-bond acceptors (Lipinski definition) is 4. The van der Waals surface area contributed by atoms with E-state index in [4.69, 9.17) is 0 Å². The van der Waals surface area contributed by atoms with Gasteiger partial charge in [-0.05, 0) is 37.0 Å². The van der Waals surface area contributed by atoms with Crippen LogP contribution in [0.1, 0.15) is 44.1 Å². The highest BCUT2D eigenvalue weighted by Crippen LogP contribution is 2.43. The van der Waals surface area contributed by atoms with Crippen molar-refractivity contribution >= 4 is 15.9 Å². The lowest BCUT2D eigenvalue weighted by atomic mass is 9.75. The van der Waals surface area contributed by atoms with Gasteiger partial charge < -0.3 is 5.32 Å². The van der Waals surface area contributed by atoms with E-state index in [0.29, 0.717) is 38.8 Å². The molecule has 23 heavy (non-hydrogen) atoms. The Balaban J connectivity index is 1.79. The zero-order chi connectivity index (χ0) is 16.5. The third-order valence-electron chi connectivity index (χ3n) is 5.02. The van der Waals surface area contributed by atoms with Crippen LogP contribution in [0.15, 0.2) is 24.5 Å². The first kappa shape index (κ1) is 16.4. The predicted octanol–water partition coefficient (Wildman–Crippen LogP) is 1.26. The molecule has 2 aliphatic rings. The second-order valence-electron chi connectivity index (χ2n) is 6.46. The van der Waals surface area contributed by atoms with Gasteiger partial charge in [0.1, 0.15) is 0 Å². The van der Waals surface area contributed by atoms with Crippen molar-refractivity contribution in [3.05, 3.63) is 30.1 Å². The zero-order valence-electron chi connectivity index (χ0n) is 13.4. The Morgan fingerprint density at radius 2 is 1.96 bits per heavy atom. The summed E-state index contributed by atoms with van der Waals surface area (Å²) >= 11 is 0. The summed E-state index contributed by atoms with van der Waals surface area (Å²) in [7, 11) is -3.16. The summed E-state index contributed by atoms with van der Waals surface area (Å²) in [5, 5.41) is 3.14. The lowest BCUT2D eigenvalue weighted by molar-refractivity contribution is -0.120. The van der Waals surface area contributed by atoms with Crippen molar-refractivity contribution < 1.29 is 13.2 Å². The molecular weight excluding hydrogens is 314 g/mol. The molecule has 7 heteroatoms. The summed E-state index contributed by atoms with van der Waals surface area (Å²) in [6.45, 7) is 2.83. The number of rotatable bonds is 4. The quantitative estimate of drug-likeness (QED) is 0.897. The number of piperidine rings is 1. The van der Waals surface area contributed by atoms with E-state index in [0.717, 1.165) is 5.56 Å². The molecule has 0 aromatic carbocycles. The minimum Gasteiger partial charge on any atom is -0.350 e. The predicted molar refractivity (Wildman–Crippen MR) is 87.4 cm³/mol. The van der Waals surface area contributed by atoms with Crippen LogP contribution < -0.4 is 5.32 Å². The maximum atomic E-state index is 12.2. The largest absolute Gasteiger partial charge is 0.350 e. The Kier molecular flexibility index (Phi) is 4.42. The lowest BCUT2D eigenvalue weighted by Crippen LogP contribution is -2.54. The molecule has 2 aliphatic heterocycles. The summed E-state index contributed by atoms with van der Waals surface area (Å²) in [6, 6.07) is 3.90. The van der Waals surface area contributed by atoms with Crippen molar-refractivity contribution in [2.75, 3.05) is 18.8 Å². The van der Waals surface area contributed by atoms with E-state index in [-0.39, 0.29) is 23.1 Å². The van der Waals surface area contributed by atoms with Gasteiger partial charge in [0.05, 0.1) is 5.75 Å². The summed E-state index contributed by atoms with van der Waals surface area (Å²) in [4.78, 5) is 16.1. The Hall–Kier alpha value is -1.47. The first-order valence-electron chi connectivity index (χ1n) is 8.15. The van der Waals surface area contributed by atoms with Gasteiger partial charge in [0, 0.05) is 43.4 Å². The molecule has 6 nitrogen and oxygen atoms in total. The molecule has 126 valence electrons. The normalized spacial score (nSPS) is 24.7. The highest BCUT2D eigenvalue weighted by Gasteiger charge is 2.49. The van der Waals surface area contributed by atoms with Crippen LogP contribution in [-0.4, -0.2) is 48.0 Å².